The van der Waals surface area contributed by atoms with Crippen LogP contribution in [0.25, 0.3) is 0 Å². The Bertz CT molecular complexity index is 352. The maximum absolute atomic E-state index is 8.91. The van der Waals surface area contributed by atoms with Crippen LogP contribution in [0.4, 0.5) is 5.82 Å². The smallest absolute Gasteiger partial charge is 0.146 e. The monoisotopic (exact) mass is 189 g/mol. The summed E-state index contributed by atoms with van der Waals surface area (Å²) in [6, 6.07) is 5.84. The molecule has 1 rings (SSSR count). The molecule has 0 radical (unpaired) electrons. The molecule has 0 fully saturated rings. The van der Waals surface area contributed by atoms with Gasteiger partial charge in [0.2, 0.25) is 0 Å². The number of pyridine rings is 1. The van der Waals surface area contributed by atoms with Gasteiger partial charge < -0.3 is 4.90 Å². The fourth-order valence-electron chi connectivity index (χ4n) is 1.36. The minimum atomic E-state index is 0.645. The first-order chi connectivity index (χ1) is 6.69. The van der Waals surface area contributed by atoms with E-state index in [1.807, 2.05) is 31.0 Å². The third kappa shape index (κ3) is 2.23. The van der Waals surface area contributed by atoms with Crippen molar-refractivity contribution in [3.8, 4) is 6.07 Å². The Kier molecular flexibility index (Phi) is 3.47. The zero-order chi connectivity index (χ0) is 10.6. The molecule has 0 bridgehead atoms. The second kappa shape index (κ2) is 4.61. The van der Waals surface area contributed by atoms with Gasteiger partial charge in [0.15, 0.2) is 0 Å². The van der Waals surface area contributed by atoms with Crippen molar-refractivity contribution in [1.29, 1.82) is 5.26 Å². The molecule has 3 heteroatoms. The number of hydrogen-bond donors (Lipinski definition) is 0. The van der Waals surface area contributed by atoms with Crippen molar-refractivity contribution in [2.45, 2.75) is 20.3 Å². The predicted octanol–water partition coefficient (Wildman–Crippen LogP) is 2.11. The molecule has 0 saturated carbocycles. The van der Waals surface area contributed by atoms with E-state index < -0.39 is 0 Å². The third-order valence-corrected chi connectivity index (χ3v) is 2.06. The van der Waals surface area contributed by atoms with Gasteiger partial charge in [-0.2, -0.15) is 5.26 Å². The zero-order valence-corrected chi connectivity index (χ0v) is 8.91. The van der Waals surface area contributed by atoms with E-state index in [0.717, 1.165) is 24.5 Å². The van der Waals surface area contributed by atoms with Gasteiger partial charge in [0.05, 0.1) is 5.56 Å². The minimum absolute atomic E-state index is 0.645. The Morgan fingerprint density at radius 1 is 1.50 bits per heavy atom. The number of nitrogens with zero attached hydrogens (tertiary/aromatic N) is 3. The van der Waals surface area contributed by atoms with Gasteiger partial charge in [-0.1, -0.05) is 6.92 Å². The molecule has 1 heterocycles. The van der Waals surface area contributed by atoms with Crippen molar-refractivity contribution < 1.29 is 0 Å². The van der Waals surface area contributed by atoms with Gasteiger partial charge in [0.1, 0.15) is 11.9 Å². The van der Waals surface area contributed by atoms with Crippen molar-refractivity contribution >= 4 is 5.82 Å². The maximum atomic E-state index is 8.91. The first-order valence-corrected chi connectivity index (χ1v) is 4.78. The van der Waals surface area contributed by atoms with Gasteiger partial charge in [0, 0.05) is 19.3 Å². The van der Waals surface area contributed by atoms with Crippen LogP contribution in [0.3, 0.4) is 0 Å². The van der Waals surface area contributed by atoms with Gasteiger partial charge >= 0.3 is 0 Å². The molecule has 0 aliphatic heterocycles. The van der Waals surface area contributed by atoms with Gasteiger partial charge in [-0.15, -0.1) is 0 Å². The summed E-state index contributed by atoms with van der Waals surface area (Å²) >= 11 is 0. The average Bonchev–Trinajstić information content (AvgIpc) is 2.18. The van der Waals surface area contributed by atoms with Crippen molar-refractivity contribution in [3.63, 3.8) is 0 Å². The van der Waals surface area contributed by atoms with Crippen LogP contribution in [0.15, 0.2) is 12.1 Å². The number of anilines is 1. The number of aromatic nitrogens is 1. The molecule has 0 aliphatic carbocycles. The van der Waals surface area contributed by atoms with Crippen LogP contribution in [0, 0.1) is 18.3 Å². The molecule has 14 heavy (non-hydrogen) atoms. The van der Waals surface area contributed by atoms with E-state index in [0.29, 0.717) is 5.56 Å². The number of nitriles is 1. The molecule has 0 saturated heterocycles. The standard InChI is InChI=1S/C11H15N3/c1-4-7-14(3)11-10(8-12)6-5-9(2)13-11/h5-6H,4,7H2,1-3H3. The fourth-order valence-corrected chi connectivity index (χ4v) is 1.36. The molecule has 1 aromatic heterocycles. The summed E-state index contributed by atoms with van der Waals surface area (Å²) in [6.07, 6.45) is 1.05. The summed E-state index contributed by atoms with van der Waals surface area (Å²) in [5.74, 6) is 0.786. The Balaban J connectivity index is 3.05. The highest BCUT2D eigenvalue weighted by Gasteiger charge is 2.07. The molecule has 74 valence electrons. The highest BCUT2D eigenvalue weighted by atomic mass is 15.2. The quantitative estimate of drug-likeness (QED) is 0.731. The zero-order valence-electron chi connectivity index (χ0n) is 8.91. The first-order valence-electron chi connectivity index (χ1n) is 4.78. The van der Waals surface area contributed by atoms with E-state index >= 15 is 0 Å². The molecule has 1 aromatic rings. The van der Waals surface area contributed by atoms with Crippen molar-refractivity contribution in [1.82, 2.24) is 4.98 Å². The molecule has 0 aliphatic rings. The largest absolute Gasteiger partial charge is 0.359 e. The molecule has 0 atom stereocenters. The van der Waals surface area contributed by atoms with Crippen LogP contribution >= 0.6 is 0 Å². The summed E-state index contributed by atoms with van der Waals surface area (Å²) in [4.78, 5) is 6.39. The molecule has 0 amide bonds. The first kappa shape index (κ1) is 10.5. The summed E-state index contributed by atoms with van der Waals surface area (Å²) in [6.45, 7) is 4.97. The van der Waals surface area contributed by atoms with E-state index in [9.17, 15) is 0 Å². The van der Waals surface area contributed by atoms with Crippen LogP contribution < -0.4 is 4.90 Å². The topological polar surface area (TPSA) is 39.9 Å². The second-order valence-electron chi connectivity index (χ2n) is 3.36. The summed E-state index contributed by atoms with van der Waals surface area (Å²) in [7, 11) is 1.96. The molecule has 3 nitrogen and oxygen atoms in total. The highest BCUT2D eigenvalue weighted by Crippen LogP contribution is 2.16. The van der Waals surface area contributed by atoms with E-state index in [1.165, 1.54) is 0 Å². The Labute approximate surface area is 85.0 Å². The van der Waals surface area contributed by atoms with Crippen LogP contribution in [-0.2, 0) is 0 Å². The lowest BCUT2D eigenvalue weighted by Crippen LogP contribution is -2.20. The third-order valence-electron chi connectivity index (χ3n) is 2.06. The summed E-state index contributed by atoms with van der Waals surface area (Å²) in [5.41, 5.74) is 1.59. The molecule has 0 spiro atoms. The normalized spacial score (nSPS) is 9.57. The lowest BCUT2D eigenvalue weighted by Gasteiger charge is -2.18. The highest BCUT2D eigenvalue weighted by molar-refractivity contribution is 5.53. The van der Waals surface area contributed by atoms with Crippen LogP contribution in [0.5, 0.6) is 0 Å². The van der Waals surface area contributed by atoms with Crippen LogP contribution in [-0.4, -0.2) is 18.6 Å². The van der Waals surface area contributed by atoms with Crippen molar-refractivity contribution in [2.24, 2.45) is 0 Å². The van der Waals surface area contributed by atoms with E-state index in [2.05, 4.69) is 18.0 Å². The van der Waals surface area contributed by atoms with Gasteiger partial charge in [-0.25, -0.2) is 4.98 Å². The van der Waals surface area contributed by atoms with Gasteiger partial charge in [0.25, 0.3) is 0 Å². The second-order valence-corrected chi connectivity index (χ2v) is 3.36. The maximum Gasteiger partial charge on any atom is 0.146 e. The van der Waals surface area contributed by atoms with Crippen molar-refractivity contribution in [3.05, 3.63) is 23.4 Å². The van der Waals surface area contributed by atoms with Crippen LogP contribution in [0.2, 0.25) is 0 Å². The fraction of sp³-hybridized carbons (Fsp3) is 0.455. The molecular weight excluding hydrogens is 174 g/mol. The Hall–Kier alpha value is -1.56. The number of hydrogen-bond acceptors (Lipinski definition) is 3. The molecule has 0 unspecified atom stereocenters. The summed E-state index contributed by atoms with van der Waals surface area (Å²) < 4.78 is 0. The predicted molar refractivity (Wildman–Crippen MR) is 57.3 cm³/mol. The lowest BCUT2D eigenvalue weighted by atomic mass is 10.2. The molecule has 0 N–H and O–H groups in total. The molecule has 0 aromatic carbocycles. The lowest BCUT2D eigenvalue weighted by molar-refractivity contribution is 0.833. The minimum Gasteiger partial charge on any atom is -0.359 e. The van der Waals surface area contributed by atoms with E-state index in [1.54, 1.807) is 0 Å². The molecular formula is C11H15N3. The van der Waals surface area contributed by atoms with Crippen LogP contribution in [0.1, 0.15) is 24.6 Å². The number of aryl methyl sites for hydroxylation is 1. The van der Waals surface area contributed by atoms with Crippen molar-refractivity contribution in [2.75, 3.05) is 18.5 Å². The van der Waals surface area contributed by atoms with E-state index in [4.69, 9.17) is 5.26 Å². The SMILES string of the molecule is CCCN(C)c1nc(C)ccc1C#N. The Morgan fingerprint density at radius 2 is 2.21 bits per heavy atom. The Morgan fingerprint density at radius 3 is 2.79 bits per heavy atom. The van der Waals surface area contributed by atoms with Gasteiger partial charge in [-0.3, -0.25) is 0 Å². The van der Waals surface area contributed by atoms with E-state index in [-0.39, 0.29) is 0 Å². The average molecular weight is 189 g/mol. The summed E-state index contributed by atoms with van der Waals surface area (Å²) in [5, 5.41) is 8.91. The van der Waals surface area contributed by atoms with Gasteiger partial charge in [-0.05, 0) is 25.5 Å². The number of rotatable bonds is 3.